The second-order valence-electron chi connectivity index (χ2n) is 6.19. The molecule has 2 aromatic carbocycles. The van der Waals surface area contributed by atoms with Crippen molar-refractivity contribution in [3.05, 3.63) is 96.0 Å². The van der Waals surface area contributed by atoms with Gasteiger partial charge in [-0.05, 0) is 35.9 Å². The van der Waals surface area contributed by atoms with Crippen LogP contribution in [0.3, 0.4) is 0 Å². The van der Waals surface area contributed by atoms with E-state index in [1.54, 1.807) is 48.8 Å². The van der Waals surface area contributed by atoms with Crippen molar-refractivity contribution in [2.24, 2.45) is 0 Å². The third-order valence-electron chi connectivity index (χ3n) is 4.25. The first kappa shape index (κ1) is 17.5. The number of nitrogens with zero attached hydrogens (tertiary/aromatic N) is 1. The summed E-state index contributed by atoms with van der Waals surface area (Å²) in [5.74, 6) is -0.514. The number of pyridine rings is 1. The molecule has 6 nitrogen and oxygen atoms in total. The van der Waals surface area contributed by atoms with Gasteiger partial charge in [0.1, 0.15) is 5.58 Å². The number of rotatable bonds is 5. The Bertz CT molecular complexity index is 1100. The molecule has 138 valence electrons. The Morgan fingerprint density at radius 1 is 0.929 bits per heavy atom. The molecule has 2 N–H and O–H groups in total. The number of hydrogen-bond donors (Lipinski definition) is 2. The monoisotopic (exact) mass is 371 g/mol. The molecule has 4 rings (SSSR count). The molecule has 4 aromatic rings. The van der Waals surface area contributed by atoms with Crippen molar-refractivity contribution < 1.29 is 14.0 Å². The zero-order valence-corrected chi connectivity index (χ0v) is 14.9. The Hall–Kier alpha value is -3.93. The van der Waals surface area contributed by atoms with Crippen LogP contribution in [-0.2, 0) is 6.54 Å². The number of furan rings is 1. The van der Waals surface area contributed by atoms with Gasteiger partial charge in [-0.2, -0.15) is 0 Å². The third-order valence-corrected chi connectivity index (χ3v) is 4.25. The van der Waals surface area contributed by atoms with Gasteiger partial charge in [-0.1, -0.05) is 36.4 Å². The van der Waals surface area contributed by atoms with Crippen LogP contribution in [0.1, 0.15) is 26.5 Å². The van der Waals surface area contributed by atoms with Crippen molar-refractivity contribution in [2.45, 2.75) is 6.54 Å². The summed E-state index contributed by atoms with van der Waals surface area (Å²) in [7, 11) is 0. The number of nitrogens with one attached hydrogen (secondary N) is 2. The fourth-order valence-electron chi connectivity index (χ4n) is 2.85. The van der Waals surface area contributed by atoms with Crippen LogP contribution < -0.4 is 10.6 Å². The lowest BCUT2D eigenvalue weighted by molar-refractivity contribution is 0.0951. The zero-order valence-electron chi connectivity index (χ0n) is 14.9. The molecule has 2 amide bonds. The summed E-state index contributed by atoms with van der Waals surface area (Å²) in [4.78, 5) is 29.2. The van der Waals surface area contributed by atoms with Crippen molar-refractivity contribution >= 4 is 28.5 Å². The lowest BCUT2D eigenvalue weighted by Gasteiger charge is -2.10. The number of carbonyl (C=O) groups excluding carboxylic acids is 2. The molecule has 0 bridgehead atoms. The SMILES string of the molecule is O=C(Nc1ccccc1C(=O)NCc1cccnc1)c1cc2ccccc2o1. The van der Waals surface area contributed by atoms with Gasteiger partial charge in [0.25, 0.3) is 11.8 Å². The Balaban J connectivity index is 1.50. The fraction of sp³-hybridized carbons (Fsp3) is 0.0455. The lowest BCUT2D eigenvalue weighted by Crippen LogP contribution is -2.24. The molecule has 0 aliphatic rings. The molecule has 2 aromatic heterocycles. The predicted molar refractivity (Wildman–Crippen MR) is 106 cm³/mol. The van der Waals surface area contributed by atoms with E-state index in [0.717, 1.165) is 10.9 Å². The van der Waals surface area contributed by atoms with Crippen LogP contribution in [0.15, 0.2) is 83.5 Å². The Labute approximate surface area is 161 Å². The molecular weight excluding hydrogens is 354 g/mol. The lowest BCUT2D eigenvalue weighted by atomic mass is 10.1. The maximum Gasteiger partial charge on any atom is 0.291 e. The fourth-order valence-corrected chi connectivity index (χ4v) is 2.85. The van der Waals surface area contributed by atoms with E-state index in [1.807, 2.05) is 30.3 Å². The minimum Gasteiger partial charge on any atom is -0.451 e. The van der Waals surface area contributed by atoms with Crippen LogP contribution in [0.25, 0.3) is 11.0 Å². The van der Waals surface area contributed by atoms with E-state index in [9.17, 15) is 9.59 Å². The van der Waals surface area contributed by atoms with Crippen LogP contribution in [-0.4, -0.2) is 16.8 Å². The molecule has 0 spiro atoms. The minimum atomic E-state index is -0.413. The van der Waals surface area contributed by atoms with E-state index in [1.165, 1.54) is 0 Å². The average molecular weight is 371 g/mol. The Morgan fingerprint density at radius 2 is 1.75 bits per heavy atom. The van der Waals surface area contributed by atoms with E-state index in [0.29, 0.717) is 23.4 Å². The second-order valence-corrected chi connectivity index (χ2v) is 6.19. The Kier molecular flexibility index (Phi) is 4.84. The van der Waals surface area contributed by atoms with Gasteiger partial charge in [0, 0.05) is 24.3 Å². The molecule has 0 saturated carbocycles. The second kappa shape index (κ2) is 7.75. The van der Waals surface area contributed by atoms with Crippen molar-refractivity contribution in [3.8, 4) is 0 Å². The highest BCUT2D eigenvalue weighted by Gasteiger charge is 2.16. The summed E-state index contributed by atoms with van der Waals surface area (Å²) in [5.41, 5.74) is 2.31. The van der Waals surface area contributed by atoms with Crippen molar-refractivity contribution in [2.75, 3.05) is 5.32 Å². The molecule has 0 atom stereocenters. The number of aromatic nitrogens is 1. The molecule has 0 radical (unpaired) electrons. The summed E-state index contributed by atoms with van der Waals surface area (Å²) >= 11 is 0. The maximum atomic E-state index is 12.6. The van der Waals surface area contributed by atoms with Gasteiger partial charge in [0.05, 0.1) is 11.3 Å². The third kappa shape index (κ3) is 3.76. The van der Waals surface area contributed by atoms with Crippen molar-refractivity contribution in [1.29, 1.82) is 0 Å². The molecule has 0 unspecified atom stereocenters. The van der Waals surface area contributed by atoms with Crippen LogP contribution in [0, 0.1) is 0 Å². The molecular formula is C22H17N3O3. The van der Waals surface area contributed by atoms with Crippen LogP contribution in [0.4, 0.5) is 5.69 Å². The summed E-state index contributed by atoms with van der Waals surface area (Å²) in [6, 6.07) is 19.6. The minimum absolute atomic E-state index is 0.187. The largest absolute Gasteiger partial charge is 0.451 e. The van der Waals surface area contributed by atoms with Crippen LogP contribution in [0.2, 0.25) is 0 Å². The molecule has 6 heteroatoms. The number of hydrogen-bond acceptors (Lipinski definition) is 4. The van der Waals surface area contributed by atoms with Gasteiger partial charge in [0.2, 0.25) is 0 Å². The van der Waals surface area contributed by atoms with Gasteiger partial charge >= 0.3 is 0 Å². The van der Waals surface area contributed by atoms with Crippen LogP contribution in [0.5, 0.6) is 0 Å². The molecule has 0 saturated heterocycles. The molecule has 0 aliphatic carbocycles. The number of benzene rings is 2. The molecule has 0 aliphatic heterocycles. The summed E-state index contributed by atoms with van der Waals surface area (Å²) < 4.78 is 5.59. The zero-order chi connectivity index (χ0) is 19.3. The summed E-state index contributed by atoms with van der Waals surface area (Å²) in [6.45, 7) is 0.346. The number of amides is 2. The maximum absolute atomic E-state index is 12.6. The number of fused-ring (bicyclic) bond motifs is 1. The highest BCUT2D eigenvalue weighted by Crippen LogP contribution is 2.21. The van der Waals surface area contributed by atoms with Crippen molar-refractivity contribution in [1.82, 2.24) is 10.3 Å². The van der Waals surface area contributed by atoms with Gasteiger partial charge in [0.15, 0.2) is 5.76 Å². The van der Waals surface area contributed by atoms with E-state index < -0.39 is 5.91 Å². The molecule has 2 heterocycles. The molecule has 28 heavy (non-hydrogen) atoms. The van der Waals surface area contributed by atoms with Gasteiger partial charge in [-0.15, -0.1) is 0 Å². The first-order valence-corrected chi connectivity index (χ1v) is 8.77. The predicted octanol–water partition coefficient (Wildman–Crippen LogP) is 4.01. The normalized spacial score (nSPS) is 10.6. The average Bonchev–Trinajstić information content (AvgIpc) is 3.18. The Morgan fingerprint density at radius 3 is 2.57 bits per heavy atom. The first-order valence-electron chi connectivity index (χ1n) is 8.77. The van der Waals surface area contributed by atoms with E-state index >= 15 is 0 Å². The number of para-hydroxylation sites is 2. The summed E-state index contributed by atoms with van der Waals surface area (Å²) in [6.07, 6.45) is 3.36. The van der Waals surface area contributed by atoms with E-state index in [4.69, 9.17) is 4.42 Å². The number of carbonyl (C=O) groups is 2. The van der Waals surface area contributed by atoms with E-state index in [2.05, 4.69) is 15.6 Å². The molecule has 0 fully saturated rings. The quantitative estimate of drug-likeness (QED) is 0.555. The van der Waals surface area contributed by atoms with Gasteiger partial charge in [-0.3, -0.25) is 14.6 Å². The highest BCUT2D eigenvalue weighted by atomic mass is 16.3. The van der Waals surface area contributed by atoms with Crippen LogP contribution >= 0.6 is 0 Å². The number of anilines is 1. The van der Waals surface area contributed by atoms with Crippen molar-refractivity contribution in [3.63, 3.8) is 0 Å². The summed E-state index contributed by atoms with van der Waals surface area (Å²) in [5, 5.41) is 6.44. The van der Waals surface area contributed by atoms with Gasteiger partial charge < -0.3 is 15.1 Å². The highest BCUT2D eigenvalue weighted by molar-refractivity contribution is 6.09. The smallest absolute Gasteiger partial charge is 0.291 e. The van der Waals surface area contributed by atoms with E-state index in [-0.39, 0.29) is 11.7 Å². The van der Waals surface area contributed by atoms with Gasteiger partial charge in [-0.25, -0.2) is 0 Å². The topological polar surface area (TPSA) is 84.2 Å². The first-order chi connectivity index (χ1) is 13.7. The standard InChI is InChI=1S/C22H17N3O3/c26-21(24-14-15-6-5-11-23-13-15)17-8-2-3-9-18(17)25-22(27)20-12-16-7-1-4-10-19(16)28-20/h1-13H,14H2,(H,24,26)(H,25,27).